The number of non-ortho nitro benzene ring substituents is 1. The highest BCUT2D eigenvalue weighted by atomic mass is 19.1. The fourth-order valence-electron chi connectivity index (χ4n) is 2.17. The zero-order valence-corrected chi connectivity index (χ0v) is 14.6. The highest BCUT2D eigenvalue weighted by molar-refractivity contribution is 5.79. The summed E-state index contributed by atoms with van der Waals surface area (Å²) in [6.07, 6.45) is -0.154. The Balaban J connectivity index is 1.78. The third kappa shape index (κ3) is 6.04. The molecule has 2 aromatic rings. The van der Waals surface area contributed by atoms with Crippen molar-refractivity contribution in [3.8, 4) is 5.75 Å². The summed E-state index contributed by atoms with van der Waals surface area (Å²) < 4.78 is 18.6. The molecule has 0 aromatic heterocycles. The van der Waals surface area contributed by atoms with E-state index in [0.717, 1.165) is 5.56 Å². The largest absolute Gasteiger partial charge is 0.489 e. The number of benzene rings is 2. The summed E-state index contributed by atoms with van der Waals surface area (Å²) in [5, 5.41) is 16.9. The molecule has 0 heterocycles. The van der Waals surface area contributed by atoms with Crippen molar-refractivity contribution in [1.82, 2.24) is 10.6 Å². The maximum Gasteiger partial charge on any atom is 0.269 e. The van der Waals surface area contributed by atoms with Gasteiger partial charge in [-0.3, -0.25) is 15.1 Å². The minimum absolute atomic E-state index is 0.0584. The Bertz CT molecular complexity index is 748. The molecule has 0 bridgehead atoms. The van der Waals surface area contributed by atoms with Crippen molar-refractivity contribution in [3.05, 3.63) is 70.0 Å². The van der Waals surface area contributed by atoms with Gasteiger partial charge in [0.05, 0.1) is 11.5 Å². The molecule has 0 aliphatic carbocycles. The molecule has 0 spiro atoms. The van der Waals surface area contributed by atoms with E-state index in [0.29, 0.717) is 24.8 Å². The summed E-state index contributed by atoms with van der Waals surface area (Å²) in [6.45, 7) is 2.86. The number of hydrogen-bond acceptors (Lipinski definition) is 4. The number of aliphatic imine (C=N–C) groups is 1. The van der Waals surface area contributed by atoms with Gasteiger partial charge in [0.1, 0.15) is 17.7 Å². The van der Waals surface area contributed by atoms with Crippen molar-refractivity contribution < 1.29 is 14.1 Å². The van der Waals surface area contributed by atoms with Crippen molar-refractivity contribution in [2.75, 3.05) is 13.6 Å². The first-order valence-electron chi connectivity index (χ1n) is 8.08. The summed E-state index contributed by atoms with van der Waals surface area (Å²) >= 11 is 0. The summed E-state index contributed by atoms with van der Waals surface area (Å²) in [5.74, 6) is 0.867. The number of nitrogens with zero attached hydrogens (tertiary/aromatic N) is 2. The predicted molar refractivity (Wildman–Crippen MR) is 97.8 cm³/mol. The quantitative estimate of drug-likeness (QED) is 0.343. The van der Waals surface area contributed by atoms with Crippen molar-refractivity contribution >= 4 is 11.6 Å². The third-order valence-electron chi connectivity index (χ3n) is 3.54. The number of ether oxygens (including phenoxy) is 1. The molecule has 138 valence electrons. The van der Waals surface area contributed by atoms with Gasteiger partial charge < -0.3 is 15.4 Å². The third-order valence-corrected chi connectivity index (χ3v) is 3.54. The van der Waals surface area contributed by atoms with Crippen molar-refractivity contribution in [3.63, 3.8) is 0 Å². The fraction of sp³-hybridized carbons (Fsp3) is 0.278. The van der Waals surface area contributed by atoms with Crippen molar-refractivity contribution in [1.29, 1.82) is 0 Å². The lowest BCUT2D eigenvalue weighted by atomic mass is 10.2. The highest BCUT2D eigenvalue weighted by Crippen LogP contribution is 2.13. The van der Waals surface area contributed by atoms with Gasteiger partial charge in [0.15, 0.2) is 5.96 Å². The molecule has 2 N–H and O–H groups in total. The molecule has 1 unspecified atom stereocenters. The lowest BCUT2D eigenvalue weighted by Crippen LogP contribution is -2.41. The number of nitro benzene ring substituents is 1. The van der Waals surface area contributed by atoms with E-state index in [1.807, 2.05) is 6.92 Å². The Kier molecular flexibility index (Phi) is 6.90. The van der Waals surface area contributed by atoms with E-state index in [1.165, 1.54) is 24.3 Å². The molecule has 0 saturated heterocycles. The van der Waals surface area contributed by atoms with Crippen LogP contribution in [0.15, 0.2) is 53.5 Å². The topological polar surface area (TPSA) is 88.8 Å². The van der Waals surface area contributed by atoms with Gasteiger partial charge in [0, 0.05) is 25.7 Å². The average Bonchev–Trinajstić information content (AvgIpc) is 2.64. The lowest BCUT2D eigenvalue weighted by Gasteiger charge is -2.17. The normalized spacial score (nSPS) is 12.3. The van der Waals surface area contributed by atoms with E-state index in [2.05, 4.69) is 15.6 Å². The Hall–Kier alpha value is -3.16. The second kappa shape index (κ2) is 9.36. The van der Waals surface area contributed by atoms with Gasteiger partial charge in [0.25, 0.3) is 5.69 Å². The predicted octanol–water partition coefficient (Wildman–Crippen LogP) is 2.87. The first-order valence-corrected chi connectivity index (χ1v) is 8.08. The van der Waals surface area contributed by atoms with Crippen molar-refractivity contribution in [2.45, 2.75) is 19.6 Å². The van der Waals surface area contributed by atoms with Crippen LogP contribution in [0.4, 0.5) is 10.1 Å². The number of nitrogens with one attached hydrogen (secondary N) is 2. The molecule has 7 nitrogen and oxygen atoms in total. The van der Waals surface area contributed by atoms with E-state index in [4.69, 9.17) is 4.74 Å². The number of nitro groups is 1. The van der Waals surface area contributed by atoms with Gasteiger partial charge in [-0.05, 0) is 36.8 Å². The molecule has 1 atom stereocenters. The van der Waals surface area contributed by atoms with E-state index in [-0.39, 0.29) is 17.6 Å². The van der Waals surface area contributed by atoms with Crippen LogP contribution in [0.5, 0.6) is 5.75 Å². The standard InChI is InChI=1S/C18H21FN4O3/c1-13(26-17-9-5-15(19)6-10-17)11-21-18(20-2)22-12-14-3-7-16(8-4-14)23(24)25/h3-10,13H,11-12H2,1-2H3,(H2,20,21,22). The van der Waals surface area contributed by atoms with Crippen LogP contribution in [0.1, 0.15) is 12.5 Å². The van der Waals surface area contributed by atoms with Crippen LogP contribution in [-0.2, 0) is 6.54 Å². The van der Waals surface area contributed by atoms with Gasteiger partial charge in [0.2, 0.25) is 0 Å². The highest BCUT2D eigenvalue weighted by Gasteiger charge is 2.07. The Morgan fingerprint density at radius 2 is 1.85 bits per heavy atom. The van der Waals surface area contributed by atoms with Crippen molar-refractivity contribution in [2.24, 2.45) is 4.99 Å². The van der Waals surface area contributed by atoms with Crippen LogP contribution in [0.25, 0.3) is 0 Å². The number of hydrogen-bond donors (Lipinski definition) is 2. The number of halogens is 1. The van der Waals surface area contributed by atoms with Gasteiger partial charge in [-0.2, -0.15) is 0 Å². The van der Waals surface area contributed by atoms with Gasteiger partial charge in [-0.15, -0.1) is 0 Å². The number of rotatable bonds is 7. The SMILES string of the molecule is CN=C(NCc1ccc([N+](=O)[O-])cc1)NCC(C)Oc1ccc(F)cc1. The van der Waals surface area contributed by atoms with E-state index < -0.39 is 4.92 Å². The molecule has 0 amide bonds. The average molecular weight is 360 g/mol. The first-order chi connectivity index (χ1) is 12.5. The summed E-state index contributed by atoms with van der Waals surface area (Å²) in [7, 11) is 1.65. The second-order valence-corrected chi connectivity index (χ2v) is 5.61. The smallest absolute Gasteiger partial charge is 0.269 e. The maximum absolute atomic E-state index is 12.9. The van der Waals surface area contributed by atoms with E-state index in [9.17, 15) is 14.5 Å². The molecule has 0 aliphatic heterocycles. The minimum atomic E-state index is -0.430. The van der Waals surface area contributed by atoms with Crippen LogP contribution in [-0.4, -0.2) is 30.6 Å². The zero-order chi connectivity index (χ0) is 18.9. The molecule has 2 aromatic carbocycles. The molecule has 0 saturated carbocycles. The van der Waals surface area contributed by atoms with E-state index >= 15 is 0 Å². The zero-order valence-electron chi connectivity index (χ0n) is 14.6. The molecular weight excluding hydrogens is 339 g/mol. The van der Waals surface area contributed by atoms with Gasteiger partial charge in [-0.1, -0.05) is 12.1 Å². The summed E-state index contributed by atoms with van der Waals surface area (Å²) in [5.41, 5.74) is 0.956. The van der Waals surface area contributed by atoms with Crippen LogP contribution in [0, 0.1) is 15.9 Å². The van der Waals surface area contributed by atoms with E-state index in [1.54, 1.807) is 31.3 Å². The summed E-state index contributed by atoms with van der Waals surface area (Å²) in [6, 6.07) is 12.2. The first kappa shape index (κ1) is 19.2. The Labute approximate surface area is 151 Å². The molecule has 0 radical (unpaired) electrons. The Morgan fingerprint density at radius 1 is 1.19 bits per heavy atom. The molecule has 8 heteroatoms. The minimum Gasteiger partial charge on any atom is -0.489 e. The Morgan fingerprint density at radius 3 is 2.42 bits per heavy atom. The fourth-order valence-corrected chi connectivity index (χ4v) is 2.17. The molecule has 2 rings (SSSR count). The van der Waals surface area contributed by atoms with Crippen LogP contribution >= 0.6 is 0 Å². The monoisotopic (exact) mass is 360 g/mol. The molecule has 26 heavy (non-hydrogen) atoms. The van der Waals surface area contributed by atoms with Crippen LogP contribution in [0.2, 0.25) is 0 Å². The maximum atomic E-state index is 12.9. The summed E-state index contributed by atoms with van der Waals surface area (Å²) in [4.78, 5) is 14.3. The second-order valence-electron chi connectivity index (χ2n) is 5.61. The number of guanidine groups is 1. The van der Waals surface area contributed by atoms with Crippen LogP contribution in [0.3, 0.4) is 0 Å². The van der Waals surface area contributed by atoms with Crippen LogP contribution < -0.4 is 15.4 Å². The molecular formula is C18H21FN4O3. The molecule has 0 aliphatic rings. The molecule has 0 fully saturated rings. The van der Waals surface area contributed by atoms with Gasteiger partial charge in [-0.25, -0.2) is 4.39 Å². The lowest BCUT2D eigenvalue weighted by molar-refractivity contribution is -0.384. The van der Waals surface area contributed by atoms with Gasteiger partial charge >= 0.3 is 0 Å².